The van der Waals surface area contributed by atoms with Crippen LogP contribution in [0.5, 0.6) is 0 Å². The molecule has 26 heavy (non-hydrogen) atoms. The molecule has 2 heteroatoms. The fourth-order valence-corrected chi connectivity index (χ4v) is 9.65. The molecule has 0 heterocycles. The van der Waals surface area contributed by atoms with Gasteiger partial charge in [-0.05, 0) is 68.1 Å². The van der Waals surface area contributed by atoms with Gasteiger partial charge in [0.25, 0.3) is 0 Å². The number of hydrogen-bond acceptors (Lipinski definition) is 1. The second-order valence-electron chi connectivity index (χ2n) is 9.30. The molecule has 4 bridgehead atoms. The molecule has 4 aliphatic rings. The van der Waals surface area contributed by atoms with Crippen LogP contribution in [0.4, 0.5) is 0 Å². The van der Waals surface area contributed by atoms with E-state index in [0.717, 1.165) is 40.9 Å². The van der Waals surface area contributed by atoms with Crippen LogP contribution < -0.4 is 10.6 Å². The standard InChI is InChI=1S/C24H29OP/c25-26(22-7-3-1-4-8-22,23-9-5-2-6-10-23)12-11-24-16-19-13-20(17-24)15-21(14-19)18-24/h1-10,19-21H,11-18H2. The molecule has 0 spiro atoms. The van der Waals surface area contributed by atoms with Crippen LogP contribution in [0.25, 0.3) is 0 Å². The van der Waals surface area contributed by atoms with Crippen LogP contribution in [0.2, 0.25) is 0 Å². The fourth-order valence-electron chi connectivity index (χ4n) is 6.74. The van der Waals surface area contributed by atoms with Gasteiger partial charge in [0.05, 0.1) is 0 Å². The largest absolute Gasteiger partial charge is 0.314 e. The molecule has 0 atom stereocenters. The molecule has 136 valence electrons. The van der Waals surface area contributed by atoms with Gasteiger partial charge in [0.15, 0.2) is 0 Å². The summed E-state index contributed by atoms with van der Waals surface area (Å²) in [5.74, 6) is 2.90. The Labute approximate surface area is 157 Å². The van der Waals surface area contributed by atoms with Crippen molar-refractivity contribution in [3.05, 3.63) is 60.7 Å². The minimum atomic E-state index is -2.55. The van der Waals surface area contributed by atoms with Gasteiger partial charge in [-0.15, -0.1) is 0 Å². The number of hydrogen-bond donors (Lipinski definition) is 0. The monoisotopic (exact) mass is 364 g/mol. The quantitative estimate of drug-likeness (QED) is 0.631. The molecule has 0 N–H and O–H groups in total. The Morgan fingerprint density at radius 2 is 1.15 bits per heavy atom. The van der Waals surface area contributed by atoms with Crippen LogP contribution in [-0.4, -0.2) is 6.16 Å². The highest BCUT2D eigenvalue weighted by molar-refractivity contribution is 7.78. The highest BCUT2D eigenvalue weighted by Crippen LogP contribution is 2.62. The topological polar surface area (TPSA) is 17.1 Å². The van der Waals surface area contributed by atoms with E-state index < -0.39 is 7.14 Å². The summed E-state index contributed by atoms with van der Waals surface area (Å²) in [5.41, 5.74) is 0.494. The first kappa shape index (κ1) is 16.8. The van der Waals surface area contributed by atoms with Gasteiger partial charge in [-0.25, -0.2) is 0 Å². The second kappa shape index (κ2) is 6.38. The molecule has 0 unspecified atom stereocenters. The van der Waals surface area contributed by atoms with Gasteiger partial charge in [-0.1, -0.05) is 60.7 Å². The maximum atomic E-state index is 14.3. The average Bonchev–Trinajstić information content (AvgIpc) is 2.67. The van der Waals surface area contributed by atoms with E-state index in [0.29, 0.717) is 5.41 Å². The lowest BCUT2D eigenvalue weighted by Gasteiger charge is -2.57. The number of rotatable bonds is 5. The smallest absolute Gasteiger partial charge is 0.143 e. The molecule has 2 aromatic carbocycles. The summed E-state index contributed by atoms with van der Waals surface area (Å²) in [6.07, 6.45) is 10.6. The molecule has 0 saturated heterocycles. The van der Waals surface area contributed by atoms with E-state index in [1.54, 1.807) is 0 Å². The molecular weight excluding hydrogens is 335 g/mol. The van der Waals surface area contributed by atoms with Crippen LogP contribution in [-0.2, 0) is 4.57 Å². The van der Waals surface area contributed by atoms with Gasteiger partial charge < -0.3 is 4.57 Å². The Balaban J connectivity index is 1.45. The first-order chi connectivity index (χ1) is 12.7. The lowest BCUT2D eigenvalue weighted by atomic mass is 9.49. The fraction of sp³-hybridized carbons (Fsp3) is 0.500. The van der Waals surface area contributed by atoms with E-state index in [4.69, 9.17) is 0 Å². The predicted molar refractivity (Wildman–Crippen MR) is 110 cm³/mol. The maximum absolute atomic E-state index is 14.3. The third kappa shape index (κ3) is 2.89. The van der Waals surface area contributed by atoms with Crippen molar-refractivity contribution in [3.8, 4) is 0 Å². The van der Waals surface area contributed by atoms with Crippen molar-refractivity contribution in [3.63, 3.8) is 0 Å². The molecule has 0 amide bonds. The Kier molecular flexibility index (Phi) is 4.13. The zero-order valence-electron chi connectivity index (χ0n) is 15.5. The summed E-state index contributed by atoms with van der Waals surface area (Å²) in [7, 11) is -2.55. The SMILES string of the molecule is O=P(CCC12CC3CC(CC(C3)C1)C2)(c1ccccc1)c1ccccc1. The molecule has 4 aliphatic carbocycles. The average molecular weight is 364 g/mol. The summed E-state index contributed by atoms with van der Waals surface area (Å²) in [6, 6.07) is 20.5. The zero-order valence-corrected chi connectivity index (χ0v) is 16.4. The van der Waals surface area contributed by atoms with Gasteiger partial charge in [0.1, 0.15) is 7.14 Å². The molecule has 0 radical (unpaired) electrons. The highest BCUT2D eigenvalue weighted by atomic mass is 31.2. The van der Waals surface area contributed by atoms with Crippen LogP contribution in [0.1, 0.15) is 44.9 Å². The van der Waals surface area contributed by atoms with E-state index in [-0.39, 0.29) is 0 Å². The van der Waals surface area contributed by atoms with Crippen molar-refractivity contribution in [1.82, 2.24) is 0 Å². The van der Waals surface area contributed by atoms with E-state index in [1.807, 2.05) is 36.4 Å². The van der Waals surface area contributed by atoms with Crippen molar-refractivity contribution < 1.29 is 4.57 Å². The molecule has 4 saturated carbocycles. The Morgan fingerprint density at radius 3 is 1.58 bits per heavy atom. The molecule has 0 aromatic heterocycles. The van der Waals surface area contributed by atoms with Gasteiger partial charge in [0.2, 0.25) is 0 Å². The van der Waals surface area contributed by atoms with Crippen LogP contribution in [0.3, 0.4) is 0 Å². The molecule has 6 rings (SSSR count). The molecular formula is C24H29OP. The van der Waals surface area contributed by atoms with Crippen molar-refractivity contribution >= 4 is 17.8 Å². The first-order valence-electron chi connectivity index (χ1n) is 10.4. The molecule has 4 fully saturated rings. The highest BCUT2D eigenvalue weighted by Gasteiger charge is 2.51. The lowest BCUT2D eigenvalue weighted by Crippen LogP contribution is -2.46. The Bertz CT molecular complexity index is 732. The minimum Gasteiger partial charge on any atom is -0.314 e. The van der Waals surface area contributed by atoms with Crippen LogP contribution in [0, 0.1) is 23.2 Å². The maximum Gasteiger partial charge on any atom is 0.143 e. The van der Waals surface area contributed by atoms with Crippen LogP contribution >= 0.6 is 7.14 Å². The summed E-state index contributed by atoms with van der Waals surface area (Å²) >= 11 is 0. The third-order valence-corrected chi connectivity index (χ3v) is 10.6. The minimum absolute atomic E-state index is 0.494. The first-order valence-corrected chi connectivity index (χ1v) is 12.2. The van der Waals surface area contributed by atoms with Gasteiger partial charge in [0, 0.05) is 16.8 Å². The summed E-state index contributed by atoms with van der Waals surface area (Å²) < 4.78 is 14.3. The van der Waals surface area contributed by atoms with E-state index in [1.165, 1.54) is 38.5 Å². The van der Waals surface area contributed by atoms with Crippen molar-refractivity contribution in [2.75, 3.05) is 6.16 Å². The predicted octanol–water partition coefficient (Wildman–Crippen LogP) is 5.61. The molecule has 0 aliphatic heterocycles. The third-order valence-electron chi connectivity index (χ3n) is 7.47. The van der Waals surface area contributed by atoms with Crippen molar-refractivity contribution in [2.45, 2.75) is 44.9 Å². The van der Waals surface area contributed by atoms with Crippen LogP contribution in [0.15, 0.2) is 60.7 Å². The Morgan fingerprint density at radius 1 is 0.731 bits per heavy atom. The molecule has 2 aromatic rings. The van der Waals surface area contributed by atoms with Gasteiger partial charge >= 0.3 is 0 Å². The molecule has 1 nitrogen and oxygen atoms in total. The second-order valence-corrected chi connectivity index (χ2v) is 12.3. The Hall–Kier alpha value is -1.33. The van der Waals surface area contributed by atoms with Gasteiger partial charge in [-0.2, -0.15) is 0 Å². The van der Waals surface area contributed by atoms with Crippen molar-refractivity contribution in [1.29, 1.82) is 0 Å². The normalized spacial score (nSPS) is 32.7. The van der Waals surface area contributed by atoms with E-state index in [9.17, 15) is 4.57 Å². The van der Waals surface area contributed by atoms with E-state index >= 15 is 0 Å². The number of benzene rings is 2. The zero-order chi connectivity index (χ0) is 17.6. The lowest BCUT2D eigenvalue weighted by molar-refractivity contribution is -0.0540. The van der Waals surface area contributed by atoms with Crippen molar-refractivity contribution in [2.24, 2.45) is 23.2 Å². The summed E-state index contributed by atoms with van der Waals surface area (Å²) in [5, 5.41) is 2.08. The summed E-state index contributed by atoms with van der Waals surface area (Å²) in [4.78, 5) is 0. The van der Waals surface area contributed by atoms with E-state index in [2.05, 4.69) is 24.3 Å². The summed E-state index contributed by atoms with van der Waals surface area (Å²) in [6.45, 7) is 0. The van der Waals surface area contributed by atoms with Gasteiger partial charge in [-0.3, -0.25) is 0 Å².